The summed E-state index contributed by atoms with van der Waals surface area (Å²) in [6.07, 6.45) is 0. The van der Waals surface area contributed by atoms with Crippen molar-refractivity contribution in [3.63, 3.8) is 0 Å². The van der Waals surface area contributed by atoms with Crippen LogP contribution in [0.5, 0.6) is 0 Å². The van der Waals surface area contributed by atoms with Gasteiger partial charge in [0.2, 0.25) is 15.9 Å². The Morgan fingerprint density at radius 1 is 1.04 bits per heavy atom. The Hall–Kier alpha value is -1.61. The van der Waals surface area contributed by atoms with Gasteiger partial charge in [0.05, 0.1) is 11.4 Å². The van der Waals surface area contributed by atoms with E-state index < -0.39 is 10.0 Å². The van der Waals surface area contributed by atoms with E-state index in [-0.39, 0.29) is 30.4 Å². The van der Waals surface area contributed by atoms with Gasteiger partial charge in [-0.2, -0.15) is 4.31 Å². The second kappa shape index (κ2) is 8.60. The summed E-state index contributed by atoms with van der Waals surface area (Å²) in [6.45, 7) is 1.43. The van der Waals surface area contributed by atoms with Gasteiger partial charge in [-0.3, -0.25) is 4.79 Å². The van der Waals surface area contributed by atoms with Crippen molar-refractivity contribution in [3.8, 4) is 0 Å². The lowest BCUT2D eigenvalue weighted by Gasteiger charge is -2.34. The Bertz CT molecular complexity index is 914. The Kier molecular flexibility index (Phi) is 6.41. The number of halogens is 2. The molecule has 6 nitrogen and oxygen atoms in total. The molecule has 27 heavy (non-hydrogen) atoms. The predicted octanol–water partition coefficient (Wildman–Crippen LogP) is 3.05. The minimum atomic E-state index is -3.57. The van der Waals surface area contributed by atoms with E-state index in [9.17, 15) is 13.2 Å². The molecule has 0 spiro atoms. The quantitative estimate of drug-likeness (QED) is 0.726. The molecule has 2 aromatic carbocycles. The fourth-order valence-electron chi connectivity index (χ4n) is 2.82. The first-order chi connectivity index (χ1) is 12.9. The number of anilines is 1. The number of para-hydroxylation sites is 1. The highest BCUT2D eigenvalue weighted by molar-refractivity contribution is 9.10. The van der Waals surface area contributed by atoms with Crippen LogP contribution in [0.2, 0.25) is 5.02 Å². The van der Waals surface area contributed by atoms with Crippen LogP contribution in [0.1, 0.15) is 0 Å². The van der Waals surface area contributed by atoms with Crippen LogP contribution in [-0.4, -0.2) is 56.3 Å². The maximum atomic E-state index is 12.7. The molecule has 1 aliphatic rings. The number of piperazine rings is 1. The normalized spacial score (nSPS) is 15.6. The highest BCUT2D eigenvalue weighted by atomic mass is 79.9. The van der Waals surface area contributed by atoms with Gasteiger partial charge in [0, 0.05) is 41.4 Å². The van der Waals surface area contributed by atoms with E-state index in [1.807, 2.05) is 24.3 Å². The van der Waals surface area contributed by atoms with Gasteiger partial charge in [0.1, 0.15) is 0 Å². The third kappa shape index (κ3) is 4.82. The molecule has 3 rings (SSSR count). The summed E-state index contributed by atoms with van der Waals surface area (Å²) in [4.78, 5) is 14.3. The van der Waals surface area contributed by atoms with Crippen LogP contribution in [0, 0.1) is 0 Å². The standard InChI is InChI=1S/C18H19BrClN3O3S/c19-16-3-1-2-4-17(16)21-13-18(24)22-9-11-23(12-10-22)27(25,26)15-7-5-14(20)6-8-15/h1-8,21H,9-13H2. The van der Waals surface area contributed by atoms with Crippen molar-refractivity contribution in [3.05, 3.63) is 58.0 Å². The van der Waals surface area contributed by atoms with Crippen LogP contribution in [-0.2, 0) is 14.8 Å². The van der Waals surface area contributed by atoms with E-state index in [1.165, 1.54) is 16.4 Å². The van der Waals surface area contributed by atoms with Crippen LogP contribution in [0.3, 0.4) is 0 Å². The number of carbonyl (C=O) groups excluding carboxylic acids is 1. The molecular formula is C18H19BrClN3O3S. The molecule has 0 radical (unpaired) electrons. The molecule has 2 aromatic rings. The third-order valence-electron chi connectivity index (χ3n) is 4.35. The number of hydrogen-bond donors (Lipinski definition) is 1. The summed E-state index contributed by atoms with van der Waals surface area (Å²) >= 11 is 9.25. The van der Waals surface area contributed by atoms with Crippen molar-refractivity contribution in [2.24, 2.45) is 0 Å². The first-order valence-corrected chi connectivity index (χ1v) is 11.0. The van der Waals surface area contributed by atoms with Crippen LogP contribution in [0.15, 0.2) is 57.9 Å². The van der Waals surface area contributed by atoms with Crippen LogP contribution in [0.4, 0.5) is 5.69 Å². The average Bonchev–Trinajstić information content (AvgIpc) is 2.67. The number of hydrogen-bond acceptors (Lipinski definition) is 4. The highest BCUT2D eigenvalue weighted by Gasteiger charge is 2.29. The largest absolute Gasteiger partial charge is 0.375 e. The minimum Gasteiger partial charge on any atom is -0.375 e. The van der Waals surface area contributed by atoms with Gasteiger partial charge in [0.15, 0.2) is 0 Å². The summed E-state index contributed by atoms with van der Waals surface area (Å²) in [6, 6.07) is 13.7. The number of benzene rings is 2. The van der Waals surface area contributed by atoms with Crippen molar-refractivity contribution in [1.29, 1.82) is 0 Å². The SMILES string of the molecule is O=C(CNc1ccccc1Br)N1CCN(S(=O)(=O)c2ccc(Cl)cc2)CC1. The third-order valence-corrected chi connectivity index (χ3v) is 7.20. The molecule has 1 N–H and O–H groups in total. The molecule has 1 saturated heterocycles. The second-order valence-electron chi connectivity index (χ2n) is 6.07. The lowest BCUT2D eigenvalue weighted by Crippen LogP contribution is -2.51. The van der Waals surface area contributed by atoms with Gasteiger partial charge in [-0.1, -0.05) is 23.7 Å². The van der Waals surface area contributed by atoms with Gasteiger partial charge >= 0.3 is 0 Å². The average molecular weight is 473 g/mol. The van der Waals surface area contributed by atoms with Gasteiger partial charge in [-0.05, 0) is 52.3 Å². The molecule has 0 saturated carbocycles. The van der Waals surface area contributed by atoms with E-state index in [0.29, 0.717) is 18.1 Å². The molecule has 0 bridgehead atoms. The molecule has 0 atom stereocenters. The summed E-state index contributed by atoms with van der Waals surface area (Å²) in [5.74, 6) is -0.0608. The van der Waals surface area contributed by atoms with Crippen LogP contribution >= 0.6 is 27.5 Å². The molecule has 0 aromatic heterocycles. The fraction of sp³-hybridized carbons (Fsp3) is 0.278. The van der Waals surface area contributed by atoms with Crippen LogP contribution in [0.25, 0.3) is 0 Å². The predicted molar refractivity (Wildman–Crippen MR) is 109 cm³/mol. The molecular weight excluding hydrogens is 454 g/mol. The van der Waals surface area contributed by atoms with E-state index in [1.54, 1.807) is 17.0 Å². The van der Waals surface area contributed by atoms with Crippen molar-refractivity contribution in [2.45, 2.75) is 4.90 Å². The lowest BCUT2D eigenvalue weighted by molar-refractivity contribution is -0.130. The van der Waals surface area contributed by atoms with Gasteiger partial charge < -0.3 is 10.2 Å². The number of amides is 1. The maximum absolute atomic E-state index is 12.7. The Balaban J connectivity index is 1.56. The Morgan fingerprint density at radius 2 is 1.67 bits per heavy atom. The van der Waals surface area contributed by atoms with Gasteiger partial charge in [-0.25, -0.2) is 8.42 Å². The van der Waals surface area contributed by atoms with E-state index in [2.05, 4.69) is 21.2 Å². The molecule has 1 fully saturated rings. The van der Waals surface area contributed by atoms with Crippen molar-refractivity contribution < 1.29 is 13.2 Å². The molecule has 9 heteroatoms. The maximum Gasteiger partial charge on any atom is 0.243 e. The molecule has 1 aliphatic heterocycles. The number of nitrogens with zero attached hydrogens (tertiary/aromatic N) is 2. The Labute approximate surface area is 172 Å². The molecule has 144 valence electrons. The first kappa shape index (κ1) is 20.1. The number of rotatable bonds is 5. The van der Waals surface area contributed by atoms with Gasteiger partial charge in [0.25, 0.3) is 0 Å². The van der Waals surface area contributed by atoms with E-state index >= 15 is 0 Å². The van der Waals surface area contributed by atoms with Crippen molar-refractivity contribution in [2.75, 3.05) is 38.0 Å². The minimum absolute atomic E-state index is 0.0608. The molecule has 0 unspecified atom stereocenters. The lowest BCUT2D eigenvalue weighted by atomic mass is 10.3. The number of carbonyl (C=O) groups is 1. The zero-order valence-corrected chi connectivity index (χ0v) is 17.6. The number of nitrogens with one attached hydrogen (secondary N) is 1. The van der Waals surface area contributed by atoms with E-state index in [4.69, 9.17) is 11.6 Å². The molecule has 1 amide bonds. The zero-order valence-electron chi connectivity index (χ0n) is 14.4. The monoisotopic (exact) mass is 471 g/mol. The fourth-order valence-corrected chi connectivity index (χ4v) is 4.79. The summed E-state index contributed by atoms with van der Waals surface area (Å²) in [7, 11) is -3.57. The summed E-state index contributed by atoms with van der Waals surface area (Å²) in [5, 5.41) is 3.59. The number of sulfonamides is 1. The summed E-state index contributed by atoms with van der Waals surface area (Å²) < 4.78 is 27.7. The molecule has 0 aliphatic carbocycles. The zero-order chi connectivity index (χ0) is 19.4. The smallest absolute Gasteiger partial charge is 0.243 e. The van der Waals surface area contributed by atoms with Crippen molar-refractivity contribution >= 4 is 49.1 Å². The second-order valence-corrected chi connectivity index (χ2v) is 9.30. The van der Waals surface area contributed by atoms with Crippen LogP contribution < -0.4 is 5.32 Å². The van der Waals surface area contributed by atoms with Crippen molar-refractivity contribution in [1.82, 2.24) is 9.21 Å². The highest BCUT2D eigenvalue weighted by Crippen LogP contribution is 2.22. The first-order valence-electron chi connectivity index (χ1n) is 8.40. The van der Waals surface area contributed by atoms with E-state index in [0.717, 1.165) is 10.2 Å². The molecule has 1 heterocycles. The van der Waals surface area contributed by atoms with Gasteiger partial charge in [-0.15, -0.1) is 0 Å². The Morgan fingerprint density at radius 3 is 2.30 bits per heavy atom. The summed E-state index contributed by atoms with van der Waals surface area (Å²) in [5.41, 5.74) is 0.842. The topological polar surface area (TPSA) is 69.7 Å².